The van der Waals surface area contributed by atoms with Crippen LogP contribution in [-0.2, 0) is 5.41 Å². The SMILES string of the molecule is CC1(C)c2cc(N(c3ccccc3)c3cccs3)ccc2-c2cc3c(N(c4ccccc4)c4cccs4)c4ccccc4c(N(c4ccccc4)c4cccs4)c3cc21. The van der Waals surface area contributed by atoms with Gasteiger partial charge in [-0.05, 0) is 135 Å². The Morgan fingerprint density at radius 1 is 0.339 bits per heavy atom. The summed E-state index contributed by atoms with van der Waals surface area (Å²) in [5.74, 6) is 0. The first-order chi connectivity index (χ1) is 29.1. The van der Waals surface area contributed by atoms with Crippen LogP contribution in [0.1, 0.15) is 25.0 Å². The number of hydrogen-bond donors (Lipinski definition) is 0. The lowest BCUT2D eigenvalue weighted by molar-refractivity contribution is 0.661. The van der Waals surface area contributed by atoms with E-state index < -0.39 is 0 Å². The molecule has 7 aromatic carbocycles. The van der Waals surface area contributed by atoms with Gasteiger partial charge in [-0.15, -0.1) is 34.0 Å². The monoisotopic (exact) mass is 813 g/mol. The van der Waals surface area contributed by atoms with Crippen molar-refractivity contribution in [3.05, 3.63) is 209 Å². The van der Waals surface area contributed by atoms with Gasteiger partial charge in [0.1, 0.15) is 0 Å². The fourth-order valence-electron chi connectivity index (χ4n) is 9.03. The van der Waals surface area contributed by atoms with Crippen LogP contribution in [0, 0.1) is 0 Å². The van der Waals surface area contributed by atoms with Gasteiger partial charge >= 0.3 is 0 Å². The van der Waals surface area contributed by atoms with Crippen LogP contribution in [0.25, 0.3) is 32.7 Å². The van der Waals surface area contributed by atoms with Crippen LogP contribution in [0.4, 0.5) is 49.1 Å². The van der Waals surface area contributed by atoms with Crippen LogP contribution >= 0.6 is 34.0 Å². The van der Waals surface area contributed by atoms with E-state index >= 15 is 0 Å². The predicted octanol–water partition coefficient (Wildman–Crippen LogP) is 16.9. The Hall–Kier alpha value is -6.44. The maximum absolute atomic E-state index is 2.53. The summed E-state index contributed by atoms with van der Waals surface area (Å²) in [6.45, 7) is 4.81. The molecule has 284 valence electrons. The Morgan fingerprint density at radius 2 is 0.763 bits per heavy atom. The zero-order chi connectivity index (χ0) is 39.5. The zero-order valence-corrected chi connectivity index (χ0v) is 35.1. The van der Waals surface area contributed by atoms with Crippen LogP contribution in [0.2, 0.25) is 0 Å². The van der Waals surface area contributed by atoms with Gasteiger partial charge in [0.2, 0.25) is 0 Å². The molecule has 0 unspecified atom stereocenters. The van der Waals surface area contributed by atoms with E-state index in [4.69, 9.17) is 0 Å². The van der Waals surface area contributed by atoms with Crippen LogP contribution in [0.3, 0.4) is 0 Å². The van der Waals surface area contributed by atoms with Crippen molar-refractivity contribution in [2.75, 3.05) is 14.7 Å². The molecule has 59 heavy (non-hydrogen) atoms. The van der Waals surface area contributed by atoms with Crippen molar-refractivity contribution in [2.24, 2.45) is 0 Å². The predicted molar refractivity (Wildman–Crippen MR) is 257 cm³/mol. The maximum Gasteiger partial charge on any atom is 0.0999 e. The average Bonchev–Trinajstić information content (AvgIpc) is 4.13. The number of para-hydroxylation sites is 3. The molecule has 1 aliphatic rings. The topological polar surface area (TPSA) is 9.72 Å². The number of rotatable bonds is 9. The van der Waals surface area contributed by atoms with E-state index in [1.54, 1.807) is 34.0 Å². The number of benzene rings is 7. The molecule has 6 heteroatoms. The van der Waals surface area contributed by atoms with Gasteiger partial charge in [-0.25, -0.2) is 0 Å². The van der Waals surface area contributed by atoms with Crippen LogP contribution in [0.5, 0.6) is 0 Å². The Morgan fingerprint density at radius 3 is 1.24 bits per heavy atom. The van der Waals surface area contributed by atoms with Crippen LogP contribution in [0.15, 0.2) is 198 Å². The molecule has 0 amide bonds. The standard InChI is InChI=1S/C53H39N3S3/c1-53(2)46-33-39(54(48-25-14-30-57-48)36-17-6-3-7-18-36)28-29-40(46)43-34-44-45(35-47(43)53)52(56(50-27-16-32-59-50)38-21-10-5-11-22-38)42-24-13-12-23-41(42)51(44)55(49-26-15-31-58-49)37-19-8-4-9-20-37/h3-35H,1-2H3. The smallest absolute Gasteiger partial charge is 0.0999 e. The molecular weight excluding hydrogens is 775 g/mol. The van der Waals surface area contributed by atoms with E-state index in [0.29, 0.717) is 0 Å². The second-order valence-corrected chi connectivity index (χ2v) is 18.2. The lowest BCUT2D eigenvalue weighted by atomic mass is 9.81. The maximum atomic E-state index is 2.53. The largest absolute Gasteiger partial charge is 0.302 e. The lowest BCUT2D eigenvalue weighted by Crippen LogP contribution is -2.17. The Balaban J connectivity index is 1.24. The molecule has 11 rings (SSSR count). The molecule has 0 fully saturated rings. The molecule has 0 saturated carbocycles. The molecule has 0 bridgehead atoms. The van der Waals surface area contributed by atoms with E-state index in [0.717, 1.165) is 22.7 Å². The summed E-state index contributed by atoms with van der Waals surface area (Å²) in [6, 6.07) is 66.8. The highest BCUT2D eigenvalue weighted by Crippen LogP contribution is 2.57. The third kappa shape index (κ3) is 5.90. The van der Waals surface area contributed by atoms with Crippen molar-refractivity contribution >= 4 is 105 Å². The summed E-state index contributed by atoms with van der Waals surface area (Å²) in [5, 5.41) is 14.9. The van der Waals surface area contributed by atoms with E-state index in [1.165, 1.54) is 70.2 Å². The van der Waals surface area contributed by atoms with Gasteiger partial charge in [0.05, 0.1) is 26.4 Å². The number of hydrogen-bond acceptors (Lipinski definition) is 6. The second kappa shape index (κ2) is 14.4. The van der Waals surface area contributed by atoms with E-state index in [9.17, 15) is 0 Å². The highest BCUT2D eigenvalue weighted by atomic mass is 32.1. The van der Waals surface area contributed by atoms with Crippen molar-refractivity contribution < 1.29 is 0 Å². The second-order valence-electron chi connectivity index (χ2n) is 15.4. The normalized spacial score (nSPS) is 12.7. The molecule has 0 N–H and O–H groups in total. The Bertz CT molecular complexity index is 3070. The van der Waals surface area contributed by atoms with Crippen LogP contribution < -0.4 is 14.7 Å². The first kappa shape index (κ1) is 35.7. The van der Waals surface area contributed by atoms with Crippen molar-refractivity contribution in [2.45, 2.75) is 19.3 Å². The summed E-state index contributed by atoms with van der Waals surface area (Å²) >= 11 is 5.31. The van der Waals surface area contributed by atoms with Gasteiger partial charge < -0.3 is 14.7 Å². The number of anilines is 9. The number of fused-ring (bicyclic) bond motifs is 5. The van der Waals surface area contributed by atoms with Gasteiger partial charge in [0, 0.05) is 49.7 Å². The summed E-state index contributed by atoms with van der Waals surface area (Å²) in [4.78, 5) is 7.35. The fourth-order valence-corrected chi connectivity index (χ4v) is 11.3. The highest BCUT2D eigenvalue weighted by Gasteiger charge is 2.38. The number of thiophene rings is 3. The Labute approximate surface area is 356 Å². The minimum atomic E-state index is -0.275. The minimum Gasteiger partial charge on any atom is -0.302 e. The van der Waals surface area contributed by atoms with Gasteiger partial charge in [0.15, 0.2) is 0 Å². The molecule has 1 aliphatic carbocycles. The molecule has 3 nitrogen and oxygen atoms in total. The molecule has 0 spiro atoms. The Kier molecular flexibility index (Phi) is 8.73. The van der Waals surface area contributed by atoms with Crippen molar-refractivity contribution in [1.29, 1.82) is 0 Å². The molecule has 3 heterocycles. The number of nitrogens with zero attached hydrogens (tertiary/aromatic N) is 3. The van der Waals surface area contributed by atoms with Crippen LogP contribution in [-0.4, -0.2) is 0 Å². The quantitative estimate of drug-likeness (QED) is 0.106. The molecule has 10 aromatic rings. The molecule has 0 saturated heterocycles. The van der Waals surface area contributed by atoms with Gasteiger partial charge in [-0.3, -0.25) is 0 Å². The van der Waals surface area contributed by atoms with E-state index in [1.807, 2.05) is 0 Å². The van der Waals surface area contributed by atoms with E-state index in [2.05, 4.69) is 227 Å². The molecule has 0 atom stereocenters. The first-order valence-electron chi connectivity index (χ1n) is 19.9. The first-order valence-corrected chi connectivity index (χ1v) is 22.5. The molecule has 0 aliphatic heterocycles. The molecule has 0 radical (unpaired) electrons. The fraction of sp³-hybridized carbons (Fsp3) is 0.0566. The van der Waals surface area contributed by atoms with Crippen molar-refractivity contribution in [3.8, 4) is 11.1 Å². The van der Waals surface area contributed by atoms with Gasteiger partial charge in [0.25, 0.3) is 0 Å². The zero-order valence-electron chi connectivity index (χ0n) is 32.6. The van der Waals surface area contributed by atoms with Crippen molar-refractivity contribution in [3.63, 3.8) is 0 Å². The summed E-state index contributed by atoms with van der Waals surface area (Å²) in [7, 11) is 0. The molecular formula is C53H39N3S3. The van der Waals surface area contributed by atoms with E-state index in [-0.39, 0.29) is 5.41 Å². The minimum absolute atomic E-state index is 0.275. The molecule has 3 aromatic heterocycles. The van der Waals surface area contributed by atoms with Gasteiger partial charge in [-0.2, -0.15) is 0 Å². The third-order valence-corrected chi connectivity index (χ3v) is 14.2. The lowest BCUT2D eigenvalue weighted by Gasteiger charge is -2.32. The average molecular weight is 814 g/mol. The summed E-state index contributed by atoms with van der Waals surface area (Å²) in [5.41, 5.74) is 11.9. The van der Waals surface area contributed by atoms with Crippen molar-refractivity contribution in [1.82, 2.24) is 0 Å². The van der Waals surface area contributed by atoms with Gasteiger partial charge in [-0.1, -0.05) is 98.8 Å². The third-order valence-electron chi connectivity index (χ3n) is 11.7. The summed E-state index contributed by atoms with van der Waals surface area (Å²) < 4.78 is 0. The highest BCUT2D eigenvalue weighted by molar-refractivity contribution is 7.15. The summed E-state index contributed by atoms with van der Waals surface area (Å²) in [6.07, 6.45) is 0.